The van der Waals surface area contributed by atoms with E-state index in [0.29, 0.717) is 13.1 Å². The number of aromatic amines is 1. The Morgan fingerprint density at radius 3 is 2.81 bits per heavy atom. The average molecular weight is 295 g/mol. The van der Waals surface area contributed by atoms with Gasteiger partial charge < -0.3 is 19.8 Å². The van der Waals surface area contributed by atoms with Gasteiger partial charge in [-0.25, -0.2) is 0 Å². The molecule has 1 amide bonds. The van der Waals surface area contributed by atoms with Crippen LogP contribution < -0.4 is 10.9 Å². The number of carbonyl (C=O) groups is 1. The third-order valence-electron chi connectivity index (χ3n) is 5.06. The van der Waals surface area contributed by atoms with Gasteiger partial charge in [0, 0.05) is 32.2 Å². The van der Waals surface area contributed by atoms with Gasteiger partial charge in [0.15, 0.2) is 0 Å². The Labute approximate surface area is 122 Å². The lowest BCUT2D eigenvalue weighted by molar-refractivity contribution is -0.00217. The molecule has 7 nitrogen and oxygen atoms in total. The quantitative estimate of drug-likeness (QED) is 0.701. The summed E-state index contributed by atoms with van der Waals surface area (Å²) in [6, 6.07) is 1.19. The standard InChI is InChI=1S/C14H21N3O4/c18-9-10-8-15-4-1-14(10)2-5-17(6-3-14)13(20)11-7-12(19)16-21-11/h7,10,15,18H,1-6,8-9H2,(H,16,19)/t10-/m1/s1. The lowest BCUT2D eigenvalue weighted by Gasteiger charge is -2.48. The molecule has 3 rings (SSSR count). The summed E-state index contributed by atoms with van der Waals surface area (Å²) in [4.78, 5) is 25.0. The first-order valence-corrected chi connectivity index (χ1v) is 7.44. The number of aliphatic hydroxyl groups is 1. The van der Waals surface area contributed by atoms with E-state index in [2.05, 4.69) is 10.5 Å². The third kappa shape index (κ3) is 2.63. The van der Waals surface area contributed by atoms with E-state index >= 15 is 0 Å². The van der Waals surface area contributed by atoms with Crippen molar-refractivity contribution in [2.75, 3.05) is 32.8 Å². The fourth-order valence-corrected chi connectivity index (χ4v) is 3.65. The number of hydrogen-bond acceptors (Lipinski definition) is 5. The topological polar surface area (TPSA) is 98.6 Å². The molecule has 3 heterocycles. The summed E-state index contributed by atoms with van der Waals surface area (Å²) in [5, 5.41) is 15.1. The maximum absolute atomic E-state index is 12.2. The third-order valence-corrected chi connectivity index (χ3v) is 5.06. The zero-order valence-electron chi connectivity index (χ0n) is 11.9. The van der Waals surface area contributed by atoms with Crippen LogP contribution >= 0.6 is 0 Å². The first-order chi connectivity index (χ1) is 10.1. The Bertz CT molecular complexity index is 557. The number of likely N-dealkylation sites (tertiary alicyclic amines) is 1. The number of hydrogen-bond donors (Lipinski definition) is 3. The van der Waals surface area contributed by atoms with Crippen LogP contribution in [0.15, 0.2) is 15.4 Å². The maximum atomic E-state index is 12.2. The van der Waals surface area contributed by atoms with Gasteiger partial charge in [0.2, 0.25) is 5.76 Å². The molecule has 2 aliphatic rings. The summed E-state index contributed by atoms with van der Waals surface area (Å²) in [6.07, 6.45) is 2.82. The molecule has 1 aromatic rings. The van der Waals surface area contributed by atoms with Gasteiger partial charge in [0.05, 0.1) is 6.07 Å². The molecule has 0 radical (unpaired) electrons. The predicted molar refractivity (Wildman–Crippen MR) is 75.0 cm³/mol. The fraction of sp³-hybridized carbons (Fsp3) is 0.714. The van der Waals surface area contributed by atoms with Crippen molar-refractivity contribution in [2.24, 2.45) is 11.3 Å². The number of aliphatic hydroxyl groups excluding tert-OH is 1. The lowest BCUT2D eigenvalue weighted by atomic mass is 9.65. The average Bonchev–Trinajstić information content (AvgIpc) is 2.94. The van der Waals surface area contributed by atoms with E-state index < -0.39 is 5.56 Å². The van der Waals surface area contributed by atoms with Crippen LogP contribution in [0.3, 0.4) is 0 Å². The zero-order valence-corrected chi connectivity index (χ0v) is 11.9. The fourth-order valence-electron chi connectivity index (χ4n) is 3.65. The van der Waals surface area contributed by atoms with Crippen LogP contribution in [0, 0.1) is 11.3 Å². The highest BCUT2D eigenvalue weighted by Crippen LogP contribution is 2.43. The van der Waals surface area contributed by atoms with E-state index in [-0.39, 0.29) is 29.6 Å². The van der Waals surface area contributed by atoms with Crippen molar-refractivity contribution >= 4 is 5.91 Å². The lowest BCUT2D eigenvalue weighted by Crippen LogP contribution is -2.53. The minimum Gasteiger partial charge on any atom is -0.396 e. The number of nitrogens with one attached hydrogen (secondary N) is 2. The van der Waals surface area contributed by atoms with Gasteiger partial charge in [-0.15, -0.1) is 0 Å². The second kappa shape index (κ2) is 5.65. The molecular formula is C14H21N3O4. The van der Waals surface area contributed by atoms with E-state index in [0.717, 1.165) is 32.4 Å². The molecule has 116 valence electrons. The van der Waals surface area contributed by atoms with Crippen molar-refractivity contribution in [1.82, 2.24) is 15.4 Å². The second-order valence-corrected chi connectivity index (χ2v) is 6.07. The molecule has 7 heteroatoms. The molecule has 0 aliphatic carbocycles. The summed E-state index contributed by atoms with van der Waals surface area (Å²) < 4.78 is 4.88. The highest BCUT2D eigenvalue weighted by atomic mass is 16.5. The SMILES string of the molecule is O=C(c1cc(=O)[nH]o1)N1CCC2(CCNC[C@@H]2CO)CC1. The Hall–Kier alpha value is -1.60. The highest BCUT2D eigenvalue weighted by Gasteiger charge is 2.43. The normalized spacial score (nSPS) is 25.2. The molecule has 1 atom stereocenters. The maximum Gasteiger partial charge on any atom is 0.292 e. The molecule has 21 heavy (non-hydrogen) atoms. The Balaban J connectivity index is 1.67. The minimum absolute atomic E-state index is 0.0694. The van der Waals surface area contributed by atoms with E-state index in [4.69, 9.17) is 4.52 Å². The van der Waals surface area contributed by atoms with Gasteiger partial charge in [-0.3, -0.25) is 9.59 Å². The smallest absolute Gasteiger partial charge is 0.292 e. The summed E-state index contributed by atoms with van der Waals surface area (Å²) in [5.74, 6) is 0.0892. The highest BCUT2D eigenvalue weighted by molar-refractivity contribution is 5.91. The Morgan fingerprint density at radius 2 is 2.19 bits per heavy atom. The Morgan fingerprint density at radius 1 is 1.43 bits per heavy atom. The molecule has 1 aromatic heterocycles. The van der Waals surface area contributed by atoms with E-state index in [1.165, 1.54) is 6.07 Å². The van der Waals surface area contributed by atoms with Crippen molar-refractivity contribution in [3.8, 4) is 0 Å². The van der Waals surface area contributed by atoms with Gasteiger partial charge in [-0.2, -0.15) is 5.16 Å². The molecule has 0 aromatic carbocycles. The summed E-state index contributed by atoms with van der Waals surface area (Å²) in [6.45, 7) is 3.29. The van der Waals surface area contributed by atoms with Crippen LogP contribution in [0.25, 0.3) is 0 Å². The number of amides is 1. The van der Waals surface area contributed by atoms with Crippen LogP contribution in [0.4, 0.5) is 0 Å². The molecule has 0 bridgehead atoms. The first-order valence-electron chi connectivity index (χ1n) is 7.44. The van der Waals surface area contributed by atoms with Crippen LogP contribution in [-0.2, 0) is 0 Å². The van der Waals surface area contributed by atoms with Crippen molar-refractivity contribution < 1.29 is 14.4 Å². The Kier molecular flexibility index (Phi) is 3.86. The van der Waals surface area contributed by atoms with Crippen molar-refractivity contribution in [3.63, 3.8) is 0 Å². The molecule has 2 aliphatic heterocycles. The van der Waals surface area contributed by atoms with Gasteiger partial charge in [-0.1, -0.05) is 0 Å². The molecule has 2 fully saturated rings. The number of rotatable bonds is 2. The summed E-state index contributed by atoms with van der Waals surface area (Å²) >= 11 is 0. The van der Waals surface area contributed by atoms with E-state index in [1.54, 1.807) is 4.90 Å². The van der Waals surface area contributed by atoms with Gasteiger partial charge in [0.1, 0.15) is 0 Å². The van der Waals surface area contributed by atoms with Gasteiger partial charge >= 0.3 is 0 Å². The molecular weight excluding hydrogens is 274 g/mol. The molecule has 1 spiro atoms. The monoisotopic (exact) mass is 295 g/mol. The van der Waals surface area contributed by atoms with Crippen LogP contribution in [0.1, 0.15) is 29.8 Å². The number of carbonyl (C=O) groups excluding carboxylic acids is 1. The van der Waals surface area contributed by atoms with E-state index in [1.807, 2.05) is 0 Å². The molecule has 0 saturated carbocycles. The van der Waals surface area contributed by atoms with Crippen molar-refractivity contribution in [2.45, 2.75) is 19.3 Å². The largest absolute Gasteiger partial charge is 0.396 e. The summed E-state index contributed by atoms with van der Waals surface area (Å²) in [5.41, 5.74) is -0.263. The summed E-state index contributed by atoms with van der Waals surface area (Å²) in [7, 11) is 0. The predicted octanol–water partition coefficient (Wildman–Crippen LogP) is -0.208. The van der Waals surface area contributed by atoms with Gasteiger partial charge in [-0.05, 0) is 31.2 Å². The zero-order chi connectivity index (χ0) is 14.9. The second-order valence-electron chi connectivity index (χ2n) is 6.07. The number of H-pyrrole nitrogens is 1. The van der Waals surface area contributed by atoms with Gasteiger partial charge in [0.25, 0.3) is 11.5 Å². The number of aromatic nitrogens is 1. The van der Waals surface area contributed by atoms with Crippen molar-refractivity contribution in [1.29, 1.82) is 0 Å². The number of piperidine rings is 2. The molecule has 2 saturated heterocycles. The first kappa shape index (κ1) is 14.3. The molecule has 0 unspecified atom stereocenters. The van der Waals surface area contributed by atoms with E-state index in [9.17, 15) is 14.7 Å². The van der Waals surface area contributed by atoms with Crippen molar-refractivity contribution in [3.05, 3.63) is 22.2 Å². The van der Waals surface area contributed by atoms with Crippen LogP contribution in [-0.4, -0.2) is 53.9 Å². The molecule has 3 N–H and O–H groups in total. The number of nitrogens with zero attached hydrogens (tertiary/aromatic N) is 1. The minimum atomic E-state index is -0.398. The van der Waals surface area contributed by atoms with Crippen LogP contribution in [0.5, 0.6) is 0 Å². The van der Waals surface area contributed by atoms with Crippen LogP contribution in [0.2, 0.25) is 0 Å².